The minimum Gasteiger partial charge on any atom is -0.307 e. The van der Waals surface area contributed by atoms with Gasteiger partial charge in [-0.2, -0.15) is 0 Å². The lowest BCUT2D eigenvalue weighted by atomic mass is 9.89. The summed E-state index contributed by atoms with van der Waals surface area (Å²) in [4.78, 5) is 34.2. The first-order chi connectivity index (χ1) is 18.4. The molecular formula is C30H28ClF2N3O2. The predicted molar refractivity (Wildman–Crippen MR) is 145 cm³/mol. The van der Waals surface area contributed by atoms with Crippen LogP contribution in [0.2, 0.25) is 5.02 Å². The average Bonchev–Trinajstić information content (AvgIpc) is 3.05. The predicted octanol–water partition coefficient (Wildman–Crippen LogP) is 6.11. The zero-order chi connectivity index (χ0) is 26.6. The molecule has 1 unspecified atom stereocenters. The Hall–Kier alpha value is -3.42. The van der Waals surface area contributed by atoms with Crippen LogP contribution < -0.4 is 4.90 Å². The first-order valence-corrected chi connectivity index (χ1v) is 13.2. The van der Waals surface area contributed by atoms with Crippen LogP contribution in [0, 0.1) is 17.6 Å². The summed E-state index contributed by atoms with van der Waals surface area (Å²) < 4.78 is 27.8. The highest BCUT2D eigenvalue weighted by atomic mass is 35.5. The maximum atomic E-state index is 14.6. The molecule has 38 heavy (non-hydrogen) atoms. The van der Waals surface area contributed by atoms with Crippen molar-refractivity contribution >= 4 is 35.2 Å². The quantitative estimate of drug-likeness (QED) is 0.343. The van der Waals surface area contributed by atoms with Crippen molar-refractivity contribution in [1.82, 2.24) is 4.90 Å². The van der Waals surface area contributed by atoms with Crippen molar-refractivity contribution in [3.05, 3.63) is 100 Å². The summed E-state index contributed by atoms with van der Waals surface area (Å²) in [5.41, 5.74) is 2.30. The first kappa shape index (κ1) is 26.2. The Morgan fingerprint density at radius 3 is 2.42 bits per heavy atom. The molecule has 5 rings (SSSR count). The molecule has 2 aliphatic rings. The fourth-order valence-corrected chi connectivity index (χ4v) is 5.47. The standard InChI is InChI=1S/C30H28ClF2N3O2/c31-22-8-11-27-25(18-22)29(24-4-1-2-5-26(24)33)34-19-28(37)36(27)15-3-14-35-16-12-21(13-17-35)30(38)20-6-9-23(32)10-7-20/h1-2,4-11,18-19,21,29H,3,12-17H2. The number of rotatable bonds is 7. The van der Waals surface area contributed by atoms with Crippen LogP contribution in [-0.4, -0.2) is 49.0 Å². The summed E-state index contributed by atoms with van der Waals surface area (Å²) in [5.74, 6) is -0.983. The second kappa shape index (κ2) is 11.5. The Labute approximate surface area is 225 Å². The number of halogens is 3. The van der Waals surface area contributed by atoms with Crippen molar-refractivity contribution in [2.24, 2.45) is 10.9 Å². The van der Waals surface area contributed by atoms with Gasteiger partial charge in [0.2, 0.25) is 0 Å². The third kappa shape index (κ3) is 5.69. The lowest BCUT2D eigenvalue weighted by Crippen LogP contribution is -2.39. The Balaban J connectivity index is 1.22. The van der Waals surface area contributed by atoms with E-state index in [0.29, 0.717) is 33.9 Å². The van der Waals surface area contributed by atoms with Gasteiger partial charge in [0.1, 0.15) is 17.7 Å². The number of aliphatic imine (C=N–C) groups is 1. The Kier molecular flexibility index (Phi) is 7.95. The van der Waals surface area contributed by atoms with Crippen molar-refractivity contribution < 1.29 is 18.4 Å². The Morgan fingerprint density at radius 1 is 0.947 bits per heavy atom. The summed E-state index contributed by atoms with van der Waals surface area (Å²) in [5, 5.41) is 0.493. The van der Waals surface area contributed by atoms with E-state index in [1.165, 1.54) is 24.4 Å². The van der Waals surface area contributed by atoms with Crippen LogP contribution in [0.25, 0.3) is 0 Å². The molecule has 1 saturated heterocycles. The highest BCUT2D eigenvalue weighted by molar-refractivity contribution is 6.34. The number of fused-ring (bicyclic) bond motifs is 1. The van der Waals surface area contributed by atoms with E-state index in [1.807, 2.05) is 0 Å². The largest absolute Gasteiger partial charge is 0.307 e. The lowest BCUT2D eigenvalue weighted by Gasteiger charge is -2.32. The minimum atomic E-state index is -0.670. The van der Waals surface area contributed by atoms with E-state index in [9.17, 15) is 18.4 Å². The fourth-order valence-electron chi connectivity index (χ4n) is 5.29. The molecule has 1 fully saturated rings. The molecule has 2 aliphatic heterocycles. The SMILES string of the molecule is O=C(c1ccc(F)cc1)C1CCN(CCCN2C(=O)C=NC(c3ccccc3F)c3cc(Cl)ccc32)CC1. The average molecular weight is 536 g/mol. The third-order valence-corrected chi connectivity index (χ3v) is 7.55. The number of benzene rings is 3. The lowest BCUT2D eigenvalue weighted by molar-refractivity contribution is -0.112. The second-order valence-electron chi connectivity index (χ2n) is 9.74. The van der Waals surface area contributed by atoms with Gasteiger partial charge < -0.3 is 9.80 Å². The van der Waals surface area contributed by atoms with Crippen LogP contribution in [0.4, 0.5) is 14.5 Å². The Bertz CT molecular complexity index is 1350. The van der Waals surface area contributed by atoms with E-state index in [1.54, 1.807) is 53.4 Å². The van der Waals surface area contributed by atoms with Gasteiger partial charge in [-0.1, -0.05) is 29.8 Å². The number of carbonyl (C=O) groups is 2. The molecule has 0 aliphatic carbocycles. The molecule has 0 spiro atoms. The molecule has 2 heterocycles. The minimum absolute atomic E-state index is 0.0629. The van der Waals surface area contributed by atoms with Gasteiger partial charge in [-0.05, 0) is 87.4 Å². The molecule has 8 heteroatoms. The highest BCUT2D eigenvalue weighted by Gasteiger charge is 2.29. The number of nitrogens with zero attached hydrogens (tertiary/aromatic N) is 3. The smallest absolute Gasteiger partial charge is 0.269 e. The summed E-state index contributed by atoms with van der Waals surface area (Å²) in [6.07, 6.45) is 3.49. The molecule has 0 radical (unpaired) electrons. The normalized spacial score (nSPS) is 18.3. The third-order valence-electron chi connectivity index (χ3n) is 7.32. The molecule has 0 aromatic heterocycles. The molecule has 0 N–H and O–H groups in total. The van der Waals surface area contributed by atoms with Gasteiger partial charge in [0.15, 0.2) is 5.78 Å². The summed E-state index contributed by atoms with van der Waals surface area (Å²) in [6.45, 7) is 2.82. The van der Waals surface area contributed by atoms with Crippen molar-refractivity contribution in [2.75, 3.05) is 31.1 Å². The van der Waals surface area contributed by atoms with Gasteiger partial charge in [0.25, 0.3) is 5.91 Å². The topological polar surface area (TPSA) is 53.0 Å². The maximum Gasteiger partial charge on any atom is 0.269 e. The van der Waals surface area contributed by atoms with Crippen molar-refractivity contribution in [2.45, 2.75) is 25.3 Å². The van der Waals surface area contributed by atoms with Crippen LogP contribution in [0.3, 0.4) is 0 Å². The van der Waals surface area contributed by atoms with E-state index in [0.717, 1.165) is 38.9 Å². The molecule has 3 aromatic carbocycles. The molecule has 1 atom stereocenters. The van der Waals surface area contributed by atoms with E-state index in [2.05, 4.69) is 9.89 Å². The number of amides is 1. The molecule has 5 nitrogen and oxygen atoms in total. The van der Waals surface area contributed by atoms with Gasteiger partial charge in [0.05, 0.1) is 6.21 Å². The number of hydrogen-bond donors (Lipinski definition) is 0. The van der Waals surface area contributed by atoms with E-state index < -0.39 is 6.04 Å². The summed E-state index contributed by atoms with van der Waals surface area (Å²) in [6, 6.07) is 16.8. The van der Waals surface area contributed by atoms with Crippen LogP contribution in [-0.2, 0) is 4.79 Å². The number of hydrogen-bond acceptors (Lipinski definition) is 4. The monoisotopic (exact) mass is 535 g/mol. The van der Waals surface area contributed by atoms with Crippen LogP contribution >= 0.6 is 11.6 Å². The zero-order valence-electron chi connectivity index (χ0n) is 20.8. The van der Waals surface area contributed by atoms with Crippen molar-refractivity contribution in [3.63, 3.8) is 0 Å². The van der Waals surface area contributed by atoms with Gasteiger partial charge in [-0.25, -0.2) is 8.78 Å². The number of carbonyl (C=O) groups excluding carboxylic acids is 2. The number of likely N-dealkylation sites (tertiary alicyclic amines) is 1. The molecule has 196 valence electrons. The van der Waals surface area contributed by atoms with Crippen LogP contribution in [0.1, 0.15) is 46.8 Å². The van der Waals surface area contributed by atoms with E-state index >= 15 is 0 Å². The van der Waals surface area contributed by atoms with Crippen LogP contribution in [0.15, 0.2) is 71.7 Å². The number of piperidine rings is 1. The van der Waals surface area contributed by atoms with Crippen molar-refractivity contribution in [1.29, 1.82) is 0 Å². The molecule has 0 saturated carbocycles. The zero-order valence-corrected chi connectivity index (χ0v) is 21.6. The first-order valence-electron chi connectivity index (χ1n) is 12.8. The number of anilines is 1. The highest BCUT2D eigenvalue weighted by Crippen LogP contribution is 2.38. The number of ketones is 1. The van der Waals surface area contributed by atoms with Crippen molar-refractivity contribution in [3.8, 4) is 0 Å². The summed E-state index contributed by atoms with van der Waals surface area (Å²) >= 11 is 6.30. The molecule has 1 amide bonds. The van der Waals surface area contributed by atoms with Gasteiger partial charge in [-0.15, -0.1) is 0 Å². The molecular weight excluding hydrogens is 508 g/mol. The molecule has 3 aromatic rings. The summed E-state index contributed by atoms with van der Waals surface area (Å²) in [7, 11) is 0. The number of Topliss-reactive ketones (excluding diaryl/α,β-unsaturated/α-hetero) is 1. The second-order valence-corrected chi connectivity index (χ2v) is 10.2. The fraction of sp³-hybridized carbons (Fsp3) is 0.300. The van der Waals surface area contributed by atoms with Gasteiger partial charge >= 0.3 is 0 Å². The van der Waals surface area contributed by atoms with Gasteiger partial charge in [0, 0.05) is 39.9 Å². The van der Waals surface area contributed by atoms with E-state index in [4.69, 9.17) is 11.6 Å². The van der Waals surface area contributed by atoms with E-state index in [-0.39, 0.29) is 29.2 Å². The molecule has 0 bridgehead atoms. The maximum absolute atomic E-state index is 14.6. The van der Waals surface area contributed by atoms with Crippen LogP contribution in [0.5, 0.6) is 0 Å². The Morgan fingerprint density at radius 2 is 1.68 bits per heavy atom. The van der Waals surface area contributed by atoms with Gasteiger partial charge in [-0.3, -0.25) is 14.6 Å².